The Labute approximate surface area is 123 Å². The molecule has 0 aliphatic heterocycles. The number of hydrogen-bond donors (Lipinski definition) is 1. The maximum atomic E-state index is 13.0. The van der Waals surface area contributed by atoms with Gasteiger partial charge in [0.05, 0.1) is 17.2 Å². The van der Waals surface area contributed by atoms with Crippen molar-refractivity contribution in [1.82, 2.24) is 4.98 Å². The van der Waals surface area contributed by atoms with Crippen LogP contribution < -0.4 is 5.56 Å². The molecule has 110 valence electrons. The minimum Gasteiger partial charge on any atom is -0.325 e. The molecule has 0 saturated heterocycles. The lowest BCUT2D eigenvalue weighted by Gasteiger charge is -2.12. The van der Waals surface area contributed by atoms with Gasteiger partial charge in [-0.1, -0.05) is 6.07 Å². The Kier molecular flexibility index (Phi) is 3.75. The Hall–Kier alpha value is -3.06. The molecular weight excluding hydrogens is 295 g/mol. The first-order valence-electron chi connectivity index (χ1n) is 6.03. The summed E-state index contributed by atoms with van der Waals surface area (Å²) in [6.07, 6.45) is -4.70. The van der Waals surface area contributed by atoms with Crippen molar-refractivity contribution in [3.8, 4) is 23.3 Å². The van der Waals surface area contributed by atoms with E-state index in [1.165, 1.54) is 18.2 Å². The summed E-state index contributed by atoms with van der Waals surface area (Å²) in [5.74, 6) is 0. The molecule has 0 saturated carbocycles. The van der Waals surface area contributed by atoms with Crippen LogP contribution in [0.2, 0.25) is 0 Å². The van der Waals surface area contributed by atoms with Crippen molar-refractivity contribution in [3.63, 3.8) is 0 Å². The van der Waals surface area contributed by atoms with Crippen LogP contribution in [0.15, 0.2) is 29.1 Å². The standard InChI is InChI=1S/C15H8F3N3O/c1-8-4-11(12(7-20)14(22)21-8)9-2-3-10(6-19)13(5-9)15(16,17)18/h2-5H,1H3,(H,21,22). The molecule has 1 N–H and O–H groups in total. The van der Waals surface area contributed by atoms with Gasteiger partial charge in [-0.15, -0.1) is 0 Å². The van der Waals surface area contributed by atoms with Gasteiger partial charge in [0.2, 0.25) is 0 Å². The van der Waals surface area contributed by atoms with Crippen LogP contribution in [0.1, 0.15) is 22.4 Å². The Bertz CT molecular complexity index is 883. The fourth-order valence-corrected chi connectivity index (χ4v) is 2.07. The second-order valence-electron chi connectivity index (χ2n) is 4.55. The zero-order valence-corrected chi connectivity index (χ0v) is 11.2. The maximum absolute atomic E-state index is 13.0. The number of aryl methyl sites for hydroxylation is 1. The van der Waals surface area contributed by atoms with E-state index in [9.17, 15) is 18.0 Å². The third kappa shape index (κ3) is 2.70. The van der Waals surface area contributed by atoms with Crippen molar-refractivity contribution >= 4 is 0 Å². The Morgan fingerprint density at radius 1 is 1.14 bits per heavy atom. The average Bonchev–Trinajstić information content (AvgIpc) is 2.45. The second-order valence-corrected chi connectivity index (χ2v) is 4.55. The predicted molar refractivity (Wildman–Crippen MR) is 71.7 cm³/mol. The summed E-state index contributed by atoms with van der Waals surface area (Å²) >= 11 is 0. The Balaban J connectivity index is 2.79. The molecule has 1 aromatic carbocycles. The molecule has 0 unspecified atom stereocenters. The van der Waals surface area contributed by atoms with Gasteiger partial charge in [0.15, 0.2) is 0 Å². The van der Waals surface area contributed by atoms with Crippen molar-refractivity contribution in [2.45, 2.75) is 13.1 Å². The fraction of sp³-hybridized carbons (Fsp3) is 0.133. The summed E-state index contributed by atoms with van der Waals surface area (Å²) in [5, 5.41) is 17.8. The number of aromatic nitrogens is 1. The second kappa shape index (κ2) is 5.38. The van der Waals surface area contributed by atoms with Gasteiger partial charge in [-0.05, 0) is 30.7 Å². The van der Waals surface area contributed by atoms with Crippen molar-refractivity contribution in [1.29, 1.82) is 10.5 Å². The Morgan fingerprint density at radius 2 is 1.82 bits per heavy atom. The quantitative estimate of drug-likeness (QED) is 0.879. The molecular formula is C15H8F3N3O. The smallest absolute Gasteiger partial charge is 0.325 e. The van der Waals surface area contributed by atoms with E-state index in [2.05, 4.69) is 4.98 Å². The summed E-state index contributed by atoms with van der Waals surface area (Å²) in [6.45, 7) is 1.56. The number of halogens is 3. The molecule has 2 aromatic rings. The normalized spacial score (nSPS) is 10.8. The number of hydrogen-bond acceptors (Lipinski definition) is 3. The highest BCUT2D eigenvalue weighted by Gasteiger charge is 2.34. The molecule has 0 atom stereocenters. The van der Waals surface area contributed by atoms with Gasteiger partial charge in [0.1, 0.15) is 11.6 Å². The van der Waals surface area contributed by atoms with Crippen LogP contribution in [0.4, 0.5) is 13.2 Å². The lowest BCUT2D eigenvalue weighted by atomic mass is 9.96. The van der Waals surface area contributed by atoms with E-state index in [0.717, 1.165) is 12.1 Å². The number of H-pyrrole nitrogens is 1. The van der Waals surface area contributed by atoms with Crippen LogP contribution in [-0.2, 0) is 6.18 Å². The van der Waals surface area contributed by atoms with Gasteiger partial charge >= 0.3 is 6.18 Å². The van der Waals surface area contributed by atoms with E-state index in [0.29, 0.717) is 5.69 Å². The van der Waals surface area contributed by atoms with Crippen LogP contribution in [0, 0.1) is 29.6 Å². The average molecular weight is 303 g/mol. The largest absolute Gasteiger partial charge is 0.417 e. The number of benzene rings is 1. The first-order chi connectivity index (χ1) is 10.3. The van der Waals surface area contributed by atoms with Crippen molar-refractivity contribution in [2.75, 3.05) is 0 Å². The molecule has 2 rings (SSSR count). The van der Waals surface area contributed by atoms with Crippen molar-refractivity contribution in [2.24, 2.45) is 0 Å². The van der Waals surface area contributed by atoms with E-state index < -0.39 is 22.9 Å². The molecule has 4 nitrogen and oxygen atoms in total. The molecule has 0 spiro atoms. The summed E-state index contributed by atoms with van der Waals surface area (Å²) in [7, 11) is 0. The number of pyridine rings is 1. The van der Waals surface area contributed by atoms with Crippen LogP contribution in [0.5, 0.6) is 0 Å². The van der Waals surface area contributed by atoms with Gasteiger partial charge in [-0.3, -0.25) is 4.79 Å². The number of alkyl halides is 3. The van der Waals surface area contributed by atoms with Crippen LogP contribution in [0.3, 0.4) is 0 Å². The third-order valence-electron chi connectivity index (χ3n) is 3.04. The molecule has 0 bridgehead atoms. The molecule has 22 heavy (non-hydrogen) atoms. The fourth-order valence-electron chi connectivity index (χ4n) is 2.07. The first-order valence-corrected chi connectivity index (χ1v) is 6.03. The van der Waals surface area contributed by atoms with E-state index in [-0.39, 0.29) is 16.7 Å². The number of nitriles is 2. The van der Waals surface area contributed by atoms with Gasteiger partial charge in [-0.2, -0.15) is 23.7 Å². The summed E-state index contributed by atoms with van der Waals surface area (Å²) in [4.78, 5) is 14.1. The number of rotatable bonds is 1. The lowest BCUT2D eigenvalue weighted by molar-refractivity contribution is -0.137. The third-order valence-corrected chi connectivity index (χ3v) is 3.04. The topological polar surface area (TPSA) is 80.4 Å². The SMILES string of the molecule is Cc1cc(-c2ccc(C#N)c(C(F)(F)F)c2)c(C#N)c(=O)[nH]1. The molecule has 0 aliphatic carbocycles. The molecule has 0 aliphatic rings. The zero-order valence-electron chi connectivity index (χ0n) is 11.2. The Morgan fingerprint density at radius 3 is 2.36 bits per heavy atom. The summed E-state index contributed by atoms with van der Waals surface area (Å²) in [6, 6.07) is 7.66. The van der Waals surface area contributed by atoms with Crippen LogP contribution in [0.25, 0.3) is 11.1 Å². The number of aromatic amines is 1. The van der Waals surface area contributed by atoms with Crippen LogP contribution >= 0.6 is 0 Å². The van der Waals surface area contributed by atoms with E-state index in [4.69, 9.17) is 10.5 Å². The van der Waals surface area contributed by atoms with Crippen molar-refractivity contribution < 1.29 is 13.2 Å². The van der Waals surface area contributed by atoms with Crippen LogP contribution in [-0.4, -0.2) is 4.98 Å². The molecule has 7 heteroatoms. The van der Waals surface area contributed by atoms with Gasteiger partial charge < -0.3 is 4.98 Å². The summed E-state index contributed by atoms with van der Waals surface area (Å²) < 4.78 is 39.0. The van der Waals surface area contributed by atoms with Gasteiger partial charge in [0, 0.05) is 11.3 Å². The lowest BCUT2D eigenvalue weighted by Crippen LogP contribution is -2.13. The molecule has 1 aromatic heterocycles. The molecule has 0 amide bonds. The highest BCUT2D eigenvalue weighted by atomic mass is 19.4. The molecule has 0 radical (unpaired) electrons. The van der Waals surface area contributed by atoms with E-state index in [1.54, 1.807) is 13.0 Å². The number of nitrogens with one attached hydrogen (secondary N) is 1. The summed E-state index contributed by atoms with van der Waals surface area (Å²) in [5.41, 5.74) is -2.00. The van der Waals surface area contributed by atoms with Gasteiger partial charge in [0.25, 0.3) is 5.56 Å². The monoisotopic (exact) mass is 303 g/mol. The maximum Gasteiger partial charge on any atom is 0.417 e. The first kappa shape index (κ1) is 15.3. The molecule has 1 heterocycles. The molecule has 0 fully saturated rings. The van der Waals surface area contributed by atoms with E-state index in [1.807, 2.05) is 0 Å². The predicted octanol–water partition coefficient (Wildman–Crippen LogP) is 3.11. The van der Waals surface area contributed by atoms with E-state index >= 15 is 0 Å². The number of nitrogens with zero attached hydrogens (tertiary/aromatic N) is 2. The highest BCUT2D eigenvalue weighted by molar-refractivity contribution is 5.72. The highest BCUT2D eigenvalue weighted by Crippen LogP contribution is 2.35. The minimum atomic E-state index is -4.70. The van der Waals surface area contributed by atoms with Gasteiger partial charge in [-0.25, -0.2) is 0 Å². The minimum absolute atomic E-state index is 0.0528. The zero-order chi connectivity index (χ0) is 16.5. The van der Waals surface area contributed by atoms with Crippen molar-refractivity contribution in [3.05, 3.63) is 57.0 Å².